The molecule has 48 heavy (non-hydrogen) atoms. The fraction of sp³-hybridized carbons (Fsp3) is 0.417. The van der Waals surface area contributed by atoms with Crippen LogP contribution < -0.4 is 15.0 Å². The summed E-state index contributed by atoms with van der Waals surface area (Å²) in [5.41, 5.74) is 1.10. The van der Waals surface area contributed by atoms with Gasteiger partial charge in [0.25, 0.3) is 11.8 Å². The van der Waals surface area contributed by atoms with Crippen LogP contribution in [0.5, 0.6) is 5.75 Å². The largest absolute Gasteiger partial charge is 0.497 e. The Bertz CT molecular complexity index is 1630. The number of fused-ring (bicyclic) bond motifs is 2. The summed E-state index contributed by atoms with van der Waals surface area (Å²) in [7, 11) is -2.00. The summed E-state index contributed by atoms with van der Waals surface area (Å²) in [5.74, 6) is -1.26. The summed E-state index contributed by atoms with van der Waals surface area (Å²) in [6.07, 6.45) is -2.18. The van der Waals surface area contributed by atoms with Crippen LogP contribution in [0.1, 0.15) is 37.0 Å². The van der Waals surface area contributed by atoms with Crippen molar-refractivity contribution in [2.75, 3.05) is 30.5 Å². The Morgan fingerprint density at radius 3 is 2.40 bits per heavy atom. The number of amides is 3. The van der Waals surface area contributed by atoms with E-state index in [0.717, 1.165) is 11.1 Å². The van der Waals surface area contributed by atoms with E-state index in [1.807, 2.05) is 37.3 Å². The average Bonchev–Trinajstić information content (AvgIpc) is 3.47. The SMILES string of the molecule is COc1ccc2c(c1)[C@]1(O[C@@H](CC(=O)N(CCO)Cc3ccccc3)[C@H]([Si](C)(C)F)[C@H]1C)C(=O)N2Cc1ccc(NC(=O)[C@H](C)O)cc1. The molecule has 1 saturated heterocycles. The van der Waals surface area contributed by atoms with Crippen LogP contribution in [-0.2, 0) is 37.8 Å². The Morgan fingerprint density at radius 2 is 1.79 bits per heavy atom. The number of methoxy groups -OCH3 is 1. The third kappa shape index (κ3) is 6.88. The maximum Gasteiger partial charge on any atom is 0.264 e. The highest BCUT2D eigenvalue weighted by molar-refractivity contribution is 6.72. The molecule has 3 amide bonds. The second kappa shape index (κ2) is 14.2. The van der Waals surface area contributed by atoms with Crippen LogP contribution in [0.25, 0.3) is 0 Å². The number of nitrogens with zero attached hydrogens (tertiary/aromatic N) is 2. The first-order chi connectivity index (χ1) is 22.8. The standard InChI is InChI=1S/C36H44FN3O7Si/c1-23-33(48(4,5)37)31(20-32(43)39(17-18-41)21-25-9-7-6-8-10-25)47-36(23)29-19-28(46-3)15-16-30(29)40(35(36)45)22-26-11-13-27(14-12-26)38-34(44)24(2)42/h6-16,19,23-24,31,33,41-42H,17-18,20-22H2,1-5H3,(H,38,44)/t23-,24+,31+,33-,36+/m1/s1. The van der Waals surface area contributed by atoms with E-state index >= 15 is 4.11 Å². The zero-order chi connectivity index (χ0) is 34.8. The molecule has 2 aliphatic heterocycles. The first-order valence-corrected chi connectivity index (χ1v) is 19.1. The molecule has 5 rings (SSSR count). The summed E-state index contributed by atoms with van der Waals surface area (Å²) in [5, 5.41) is 21.9. The van der Waals surface area contributed by atoms with E-state index in [4.69, 9.17) is 9.47 Å². The van der Waals surface area contributed by atoms with Gasteiger partial charge in [0.15, 0.2) is 5.60 Å². The molecule has 3 aromatic carbocycles. The number of hydrogen-bond acceptors (Lipinski definition) is 7. The second-order valence-corrected chi connectivity index (χ2v) is 16.9. The summed E-state index contributed by atoms with van der Waals surface area (Å²) in [6, 6.07) is 21.7. The third-order valence-electron chi connectivity index (χ3n) is 9.42. The molecule has 10 nitrogen and oxygen atoms in total. The molecular formula is C36H44FN3O7Si. The summed E-state index contributed by atoms with van der Waals surface area (Å²) < 4.78 is 28.7. The lowest BCUT2D eigenvalue weighted by Crippen LogP contribution is -2.45. The van der Waals surface area contributed by atoms with Crippen molar-refractivity contribution in [1.29, 1.82) is 0 Å². The number of carbonyl (C=O) groups is 3. The van der Waals surface area contributed by atoms with E-state index in [-0.39, 0.29) is 44.5 Å². The van der Waals surface area contributed by atoms with E-state index in [2.05, 4.69) is 5.32 Å². The lowest BCUT2D eigenvalue weighted by molar-refractivity contribution is -0.150. The molecule has 12 heteroatoms. The zero-order valence-corrected chi connectivity index (χ0v) is 29.0. The Labute approximate surface area is 281 Å². The van der Waals surface area contributed by atoms with Gasteiger partial charge in [-0.2, -0.15) is 0 Å². The topological polar surface area (TPSA) is 129 Å². The first-order valence-electron chi connectivity index (χ1n) is 16.2. The third-order valence-corrected chi connectivity index (χ3v) is 11.9. The molecule has 1 fully saturated rings. The van der Waals surface area contributed by atoms with Crippen molar-refractivity contribution >= 4 is 37.5 Å². The number of benzene rings is 3. The second-order valence-electron chi connectivity index (χ2n) is 13.1. The number of anilines is 2. The van der Waals surface area contributed by atoms with Crippen molar-refractivity contribution < 1.29 is 38.2 Å². The van der Waals surface area contributed by atoms with Crippen molar-refractivity contribution in [2.24, 2.45) is 5.92 Å². The lowest BCUT2D eigenvalue weighted by atomic mass is 9.82. The molecule has 0 aliphatic carbocycles. The molecule has 1 spiro atoms. The maximum absolute atomic E-state index is 16.3. The molecule has 0 unspecified atom stereocenters. The quantitative estimate of drug-likeness (QED) is 0.187. The fourth-order valence-corrected chi connectivity index (χ4v) is 9.64. The number of ether oxygens (including phenoxy) is 2. The van der Waals surface area contributed by atoms with Gasteiger partial charge in [0.1, 0.15) is 11.9 Å². The van der Waals surface area contributed by atoms with Gasteiger partial charge in [0, 0.05) is 35.8 Å². The smallest absolute Gasteiger partial charge is 0.264 e. The van der Waals surface area contributed by atoms with Crippen molar-refractivity contribution in [1.82, 2.24) is 4.90 Å². The van der Waals surface area contributed by atoms with Crippen molar-refractivity contribution in [3.05, 3.63) is 89.5 Å². The molecule has 3 aromatic rings. The Hall–Kier alpha value is -4.10. The molecule has 5 atom stereocenters. The molecule has 0 aromatic heterocycles. The number of nitrogens with one attached hydrogen (secondary N) is 1. The Morgan fingerprint density at radius 1 is 1.10 bits per heavy atom. The van der Waals surface area contributed by atoms with Gasteiger partial charge in [-0.05, 0) is 61.5 Å². The normalized spacial score (nSPS) is 22.5. The van der Waals surface area contributed by atoms with E-state index in [1.165, 1.54) is 14.0 Å². The minimum atomic E-state index is -3.53. The van der Waals surface area contributed by atoms with Gasteiger partial charge in [-0.15, -0.1) is 0 Å². The van der Waals surface area contributed by atoms with Crippen LogP contribution in [0.2, 0.25) is 18.6 Å². The van der Waals surface area contributed by atoms with E-state index in [1.54, 1.807) is 65.4 Å². The first kappa shape index (κ1) is 35.2. The number of rotatable bonds is 12. The van der Waals surface area contributed by atoms with Gasteiger partial charge in [-0.25, -0.2) is 0 Å². The van der Waals surface area contributed by atoms with Gasteiger partial charge in [0.2, 0.25) is 14.3 Å². The van der Waals surface area contributed by atoms with Gasteiger partial charge < -0.3 is 38.9 Å². The zero-order valence-electron chi connectivity index (χ0n) is 28.0. The predicted molar refractivity (Wildman–Crippen MR) is 183 cm³/mol. The van der Waals surface area contributed by atoms with E-state index < -0.39 is 43.6 Å². The molecule has 256 valence electrons. The number of aliphatic hydroxyl groups is 2. The minimum Gasteiger partial charge on any atom is -0.497 e. The van der Waals surface area contributed by atoms with Crippen LogP contribution >= 0.6 is 0 Å². The predicted octanol–water partition coefficient (Wildman–Crippen LogP) is 4.75. The van der Waals surface area contributed by atoms with Gasteiger partial charge in [-0.3, -0.25) is 14.4 Å². The summed E-state index contributed by atoms with van der Waals surface area (Å²) in [6.45, 7) is 6.72. The molecule has 0 radical (unpaired) electrons. The van der Waals surface area contributed by atoms with E-state index in [9.17, 15) is 24.6 Å². The number of carbonyl (C=O) groups excluding carboxylic acids is 3. The Kier molecular flexibility index (Phi) is 10.4. The lowest BCUT2D eigenvalue weighted by Gasteiger charge is -2.31. The number of hydrogen-bond donors (Lipinski definition) is 3. The van der Waals surface area contributed by atoms with Crippen LogP contribution in [0.15, 0.2) is 72.8 Å². The van der Waals surface area contributed by atoms with Crippen molar-refractivity contribution in [3.63, 3.8) is 0 Å². The van der Waals surface area contributed by atoms with Gasteiger partial charge in [-0.1, -0.05) is 49.4 Å². The minimum absolute atomic E-state index is 0.108. The van der Waals surface area contributed by atoms with Crippen LogP contribution in [0.4, 0.5) is 15.5 Å². The summed E-state index contributed by atoms with van der Waals surface area (Å²) >= 11 is 0. The number of halogens is 1. The van der Waals surface area contributed by atoms with Gasteiger partial charge in [0.05, 0.1) is 38.5 Å². The molecule has 3 N–H and O–H groups in total. The fourth-order valence-electron chi connectivity index (χ4n) is 7.15. The monoisotopic (exact) mass is 677 g/mol. The highest BCUT2D eigenvalue weighted by atomic mass is 28.4. The molecule has 2 heterocycles. The highest BCUT2D eigenvalue weighted by Crippen LogP contribution is 2.60. The average molecular weight is 678 g/mol. The van der Waals surface area contributed by atoms with Crippen LogP contribution in [0, 0.1) is 5.92 Å². The molecule has 2 aliphatic rings. The van der Waals surface area contributed by atoms with Gasteiger partial charge >= 0.3 is 0 Å². The Balaban J connectivity index is 1.48. The van der Waals surface area contributed by atoms with E-state index in [0.29, 0.717) is 22.7 Å². The van der Waals surface area contributed by atoms with Crippen LogP contribution in [-0.4, -0.2) is 73.7 Å². The van der Waals surface area contributed by atoms with Crippen LogP contribution in [0.3, 0.4) is 0 Å². The maximum atomic E-state index is 16.3. The number of aliphatic hydroxyl groups excluding tert-OH is 2. The summed E-state index contributed by atoms with van der Waals surface area (Å²) in [4.78, 5) is 43.6. The highest BCUT2D eigenvalue weighted by Gasteiger charge is 2.67. The van der Waals surface area contributed by atoms with Crippen molar-refractivity contribution in [3.8, 4) is 5.75 Å². The molecule has 0 bridgehead atoms. The van der Waals surface area contributed by atoms with Crippen molar-refractivity contribution in [2.45, 2.75) is 69.8 Å². The molecular weight excluding hydrogens is 633 g/mol. The molecule has 0 saturated carbocycles.